The second-order valence-corrected chi connectivity index (χ2v) is 6.39. The van der Waals surface area contributed by atoms with Crippen molar-refractivity contribution in [3.05, 3.63) is 87.2 Å². The molecule has 1 N–H and O–H groups in total. The molecular weight excluding hydrogens is 387 g/mol. The number of benzene rings is 2. The van der Waals surface area contributed by atoms with Crippen molar-refractivity contribution in [2.45, 2.75) is 20.0 Å². The standard InChI is InChI=1S/C20H16F3N3O3/c1-12-11-16(19(27)24-14-7-9-15(10-8-14)26(28)29)13(2)25(12)18-6-4-3-5-17(18)20(21,22)23/h3-11H,1-2H3,(H,24,27). The van der Waals surface area contributed by atoms with Gasteiger partial charge in [0.1, 0.15) is 0 Å². The van der Waals surface area contributed by atoms with Crippen molar-refractivity contribution in [1.29, 1.82) is 0 Å². The molecule has 3 aromatic rings. The van der Waals surface area contributed by atoms with Gasteiger partial charge < -0.3 is 9.88 Å². The topological polar surface area (TPSA) is 77.2 Å². The molecule has 0 spiro atoms. The van der Waals surface area contributed by atoms with Crippen LogP contribution in [0.3, 0.4) is 0 Å². The molecule has 0 bridgehead atoms. The molecule has 1 amide bonds. The molecule has 9 heteroatoms. The van der Waals surface area contributed by atoms with E-state index in [1.807, 2.05) is 0 Å². The van der Waals surface area contributed by atoms with Crippen LogP contribution in [0.2, 0.25) is 0 Å². The Balaban J connectivity index is 1.96. The van der Waals surface area contributed by atoms with Crippen LogP contribution in [0.5, 0.6) is 0 Å². The molecule has 150 valence electrons. The summed E-state index contributed by atoms with van der Waals surface area (Å²) >= 11 is 0. The number of nitrogens with zero attached hydrogens (tertiary/aromatic N) is 2. The van der Waals surface area contributed by atoms with Crippen LogP contribution in [0, 0.1) is 24.0 Å². The zero-order chi connectivity index (χ0) is 21.3. The summed E-state index contributed by atoms with van der Waals surface area (Å²) in [5.41, 5.74) is 0.365. The van der Waals surface area contributed by atoms with Gasteiger partial charge in [-0.25, -0.2) is 0 Å². The highest BCUT2D eigenvalue weighted by molar-refractivity contribution is 6.05. The van der Waals surface area contributed by atoms with E-state index in [1.54, 1.807) is 13.8 Å². The molecule has 29 heavy (non-hydrogen) atoms. The normalized spacial score (nSPS) is 11.3. The van der Waals surface area contributed by atoms with Crippen molar-refractivity contribution in [2.75, 3.05) is 5.32 Å². The van der Waals surface area contributed by atoms with Crippen LogP contribution in [0.15, 0.2) is 54.6 Å². The fourth-order valence-electron chi connectivity index (χ4n) is 3.14. The van der Waals surface area contributed by atoms with E-state index in [9.17, 15) is 28.1 Å². The third kappa shape index (κ3) is 3.98. The lowest BCUT2D eigenvalue weighted by molar-refractivity contribution is -0.384. The summed E-state index contributed by atoms with van der Waals surface area (Å²) in [6.45, 7) is 3.17. The van der Waals surface area contributed by atoms with E-state index < -0.39 is 22.6 Å². The van der Waals surface area contributed by atoms with Gasteiger partial charge in [-0.1, -0.05) is 12.1 Å². The molecule has 1 aromatic heterocycles. The maximum Gasteiger partial charge on any atom is 0.418 e. The number of anilines is 1. The molecule has 0 aliphatic rings. The number of aromatic nitrogens is 1. The maximum atomic E-state index is 13.4. The first-order valence-electron chi connectivity index (χ1n) is 8.51. The van der Waals surface area contributed by atoms with E-state index in [-0.39, 0.29) is 16.9 Å². The summed E-state index contributed by atoms with van der Waals surface area (Å²) in [5, 5.41) is 13.3. The summed E-state index contributed by atoms with van der Waals surface area (Å²) < 4.78 is 41.6. The average Bonchev–Trinajstić information content (AvgIpc) is 2.95. The number of nitro groups is 1. The van der Waals surface area contributed by atoms with E-state index in [4.69, 9.17) is 0 Å². The summed E-state index contributed by atoms with van der Waals surface area (Å²) in [6.07, 6.45) is -4.54. The zero-order valence-corrected chi connectivity index (χ0v) is 15.4. The van der Waals surface area contributed by atoms with Gasteiger partial charge in [0, 0.05) is 29.2 Å². The number of alkyl halides is 3. The van der Waals surface area contributed by atoms with Crippen molar-refractivity contribution in [3.8, 4) is 5.69 Å². The Bertz CT molecular complexity index is 1090. The predicted octanol–water partition coefficient (Wildman–Crippen LogP) is 5.27. The lowest BCUT2D eigenvalue weighted by atomic mass is 10.1. The van der Waals surface area contributed by atoms with Gasteiger partial charge in [0.15, 0.2) is 0 Å². The van der Waals surface area contributed by atoms with E-state index in [2.05, 4.69) is 5.32 Å². The Morgan fingerprint density at radius 2 is 1.69 bits per heavy atom. The summed E-state index contributed by atoms with van der Waals surface area (Å²) in [5.74, 6) is -0.525. The number of para-hydroxylation sites is 1. The molecule has 0 saturated carbocycles. The van der Waals surface area contributed by atoms with Crippen LogP contribution in [0.25, 0.3) is 5.69 Å². The van der Waals surface area contributed by atoms with Crippen molar-refractivity contribution < 1.29 is 22.9 Å². The first-order valence-corrected chi connectivity index (χ1v) is 8.51. The molecule has 0 aliphatic carbocycles. The number of hydrogen-bond donors (Lipinski definition) is 1. The molecule has 0 unspecified atom stereocenters. The van der Waals surface area contributed by atoms with E-state index >= 15 is 0 Å². The highest BCUT2D eigenvalue weighted by atomic mass is 19.4. The van der Waals surface area contributed by atoms with Gasteiger partial charge in [-0.15, -0.1) is 0 Å². The minimum Gasteiger partial charge on any atom is -0.322 e. The first-order chi connectivity index (χ1) is 13.6. The predicted molar refractivity (Wildman–Crippen MR) is 101 cm³/mol. The lowest BCUT2D eigenvalue weighted by Gasteiger charge is -2.16. The summed E-state index contributed by atoms with van der Waals surface area (Å²) in [6, 6.07) is 11.9. The van der Waals surface area contributed by atoms with Crippen LogP contribution >= 0.6 is 0 Å². The SMILES string of the molecule is Cc1cc(C(=O)Nc2ccc([N+](=O)[O-])cc2)c(C)n1-c1ccccc1C(F)(F)F. The third-order valence-corrected chi connectivity index (χ3v) is 4.46. The van der Waals surface area contributed by atoms with E-state index in [0.29, 0.717) is 17.1 Å². The smallest absolute Gasteiger partial charge is 0.322 e. The van der Waals surface area contributed by atoms with Crippen LogP contribution in [-0.2, 0) is 6.18 Å². The Kier molecular flexibility index (Phi) is 5.15. The number of carbonyl (C=O) groups is 1. The molecule has 1 heterocycles. The van der Waals surface area contributed by atoms with E-state index in [0.717, 1.165) is 6.07 Å². The van der Waals surface area contributed by atoms with Crippen molar-refractivity contribution in [1.82, 2.24) is 4.57 Å². The minimum absolute atomic E-state index is 0.0654. The number of hydrogen-bond acceptors (Lipinski definition) is 3. The third-order valence-electron chi connectivity index (χ3n) is 4.46. The van der Waals surface area contributed by atoms with Crippen molar-refractivity contribution in [3.63, 3.8) is 0 Å². The first kappa shape index (κ1) is 20.1. The molecular formula is C20H16F3N3O3. The average molecular weight is 403 g/mol. The second-order valence-electron chi connectivity index (χ2n) is 6.39. The number of non-ortho nitro benzene ring substituents is 1. The van der Waals surface area contributed by atoms with Gasteiger partial charge in [-0.3, -0.25) is 14.9 Å². The Morgan fingerprint density at radius 1 is 1.07 bits per heavy atom. The van der Waals surface area contributed by atoms with Crippen LogP contribution in [0.4, 0.5) is 24.5 Å². The molecule has 0 radical (unpaired) electrons. The molecule has 3 rings (SSSR count). The number of halogens is 3. The molecule has 0 fully saturated rings. The fourth-order valence-corrected chi connectivity index (χ4v) is 3.14. The molecule has 6 nitrogen and oxygen atoms in total. The highest BCUT2D eigenvalue weighted by Gasteiger charge is 2.34. The number of nitrogens with one attached hydrogen (secondary N) is 1. The van der Waals surface area contributed by atoms with Gasteiger partial charge in [0.05, 0.1) is 21.7 Å². The Labute approximate surface area is 163 Å². The van der Waals surface area contributed by atoms with Crippen molar-refractivity contribution in [2.24, 2.45) is 0 Å². The molecule has 0 aliphatic heterocycles. The van der Waals surface area contributed by atoms with Gasteiger partial charge in [-0.2, -0.15) is 13.2 Å². The molecule has 0 atom stereocenters. The van der Waals surface area contributed by atoms with Gasteiger partial charge in [0.25, 0.3) is 11.6 Å². The summed E-state index contributed by atoms with van der Waals surface area (Å²) in [7, 11) is 0. The monoisotopic (exact) mass is 403 g/mol. The maximum absolute atomic E-state index is 13.4. The van der Waals surface area contributed by atoms with Crippen LogP contribution in [-0.4, -0.2) is 15.4 Å². The second kappa shape index (κ2) is 7.42. The Morgan fingerprint density at radius 3 is 2.28 bits per heavy atom. The number of amides is 1. The quantitative estimate of drug-likeness (QED) is 0.476. The number of nitro benzene ring substituents is 1. The summed E-state index contributed by atoms with van der Waals surface area (Å²) in [4.78, 5) is 22.8. The largest absolute Gasteiger partial charge is 0.418 e. The minimum atomic E-state index is -4.54. The van der Waals surface area contributed by atoms with Crippen LogP contribution < -0.4 is 5.32 Å². The lowest BCUT2D eigenvalue weighted by Crippen LogP contribution is -2.14. The molecule has 2 aromatic carbocycles. The zero-order valence-electron chi connectivity index (χ0n) is 15.4. The Hall–Kier alpha value is -3.62. The number of carbonyl (C=O) groups excluding carboxylic acids is 1. The van der Waals surface area contributed by atoms with Gasteiger partial charge in [-0.05, 0) is 44.2 Å². The van der Waals surface area contributed by atoms with Gasteiger partial charge in [0.2, 0.25) is 0 Å². The number of rotatable bonds is 4. The fraction of sp³-hybridized carbons (Fsp3) is 0.150. The molecule has 0 saturated heterocycles. The number of aryl methyl sites for hydroxylation is 1. The van der Waals surface area contributed by atoms with E-state index in [1.165, 1.54) is 53.1 Å². The van der Waals surface area contributed by atoms with Crippen LogP contribution in [0.1, 0.15) is 27.3 Å². The van der Waals surface area contributed by atoms with Crippen molar-refractivity contribution >= 4 is 17.3 Å². The van der Waals surface area contributed by atoms with Gasteiger partial charge >= 0.3 is 6.18 Å². The highest BCUT2D eigenvalue weighted by Crippen LogP contribution is 2.35.